The van der Waals surface area contributed by atoms with Crippen molar-refractivity contribution in [2.75, 3.05) is 55.9 Å². The summed E-state index contributed by atoms with van der Waals surface area (Å²) in [6.07, 6.45) is 3.25. The number of carbonyl (C=O) groups is 1. The van der Waals surface area contributed by atoms with Crippen LogP contribution in [0.25, 0.3) is 5.65 Å². The predicted molar refractivity (Wildman–Crippen MR) is 187 cm³/mol. The van der Waals surface area contributed by atoms with Crippen molar-refractivity contribution in [3.63, 3.8) is 0 Å². The van der Waals surface area contributed by atoms with E-state index in [9.17, 15) is 15.3 Å². The standard InChI is InChI=1S/C32H44ClN11O3Si/c1-32(2,3)48(6,7)47-26-19-43(11-10-23(26)39-31(45)46-13-12-42(4)5)25-15-20(16-34)14-24(27(25)33)38-30-40-28(37-21-8-9-21)29-36-18-22(17-35)44(29)41-30/h14-15,18,21,23,26H,8-13,19H2,1-7H3,(H,39,45)(H2,37,38,40,41)/t23-,26+/m1/s1. The minimum absolute atomic E-state index is 0.0591. The molecule has 0 radical (unpaired) electrons. The van der Waals surface area contributed by atoms with Gasteiger partial charge in [-0.2, -0.15) is 20.0 Å². The quantitative estimate of drug-likeness (QED) is 0.228. The summed E-state index contributed by atoms with van der Waals surface area (Å²) in [6.45, 7) is 12.8. The van der Waals surface area contributed by atoms with Crippen LogP contribution in [0.3, 0.4) is 0 Å². The SMILES string of the molecule is CN(C)CCOC(=O)N[C@@H]1CCN(c2cc(C#N)cc(Nc3nc(NC4CC4)c4ncc(C#N)n4n3)c2Cl)C[C@@H]1O[Si](C)(C)C(C)(C)C. The molecule has 14 nitrogen and oxygen atoms in total. The number of nitrogens with zero attached hydrogens (tertiary/aromatic N) is 8. The number of halogens is 1. The first-order chi connectivity index (χ1) is 22.7. The molecule has 0 spiro atoms. The van der Waals surface area contributed by atoms with E-state index in [1.54, 1.807) is 12.1 Å². The number of benzene rings is 1. The van der Waals surface area contributed by atoms with Crippen molar-refractivity contribution >= 4 is 54.8 Å². The Morgan fingerprint density at radius 3 is 2.58 bits per heavy atom. The van der Waals surface area contributed by atoms with Gasteiger partial charge in [-0.1, -0.05) is 32.4 Å². The van der Waals surface area contributed by atoms with Gasteiger partial charge in [0.25, 0.3) is 0 Å². The van der Waals surface area contributed by atoms with Gasteiger partial charge in [-0.05, 0) is 63.6 Å². The third-order valence-electron chi connectivity index (χ3n) is 9.05. The summed E-state index contributed by atoms with van der Waals surface area (Å²) in [4.78, 5) is 25.8. The number of hydrogen-bond acceptors (Lipinski definition) is 12. The monoisotopic (exact) mass is 693 g/mol. The highest BCUT2D eigenvalue weighted by molar-refractivity contribution is 6.74. The van der Waals surface area contributed by atoms with Gasteiger partial charge < -0.3 is 34.9 Å². The van der Waals surface area contributed by atoms with Crippen LogP contribution in [-0.2, 0) is 9.16 Å². The average molecular weight is 694 g/mol. The van der Waals surface area contributed by atoms with Crippen molar-refractivity contribution < 1.29 is 14.0 Å². The molecule has 1 saturated carbocycles. The second kappa shape index (κ2) is 14.1. The van der Waals surface area contributed by atoms with Crippen molar-refractivity contribution in [2.45, 2.75) is 76.4 Å². The van der Waals surface area contributed by atoms with Crippen LogP contribution < -0.4 is 20.9 Å². The molecule has 2 fully saturated rings. The number of ether oxygens (including phenoxy) is 1. The van der Waals surface area contributed by atoms with Gasteiger partial charge in [0.15, 0.2) is 25.5 Å². The fourth-order valence-electron chi connectivity index (χ4n) is 5.13. The Labute approximate surface area is 287 Å². The van der Waals surface area contributed by atoms with Gasteiger partial charge in [-0.15, -0.1) is 5.10 Å². The van der Waals surface area contributed by atoms with Crippen LogP contribution >= 0.6 is 11.6 Å². The second-order valence-corrected chi connectivity index (χ2v) is 19.3. The lowest BCUT2D eigenvalue weighted by Crippen LogP contribution is -2.59. The molecule has 0 bridgehead atoms. The Morgan fingerprint density at radius 1 is 1.19 bits per heavy atom. The zero-order valence-corrected chi connectivity index (χ0v) is 30.4. The molecule has 3 aromatic rings. The third-order valence-corrected chi connectivity index (χ3v) is 14.0. The van der Waals surface area contributed by atoms with E-state index < -0.39 is 14.4 Å². The highest BCUT2D eigenvalue weighted by Gasteiger charge is 2.43. The number of rotatable bonds is 11. The molecule has 1 aliphatic heterocycles. The van der Waals surface area contributed by atoms with E-state index in [0.717, 1.165) is 12.8 Å². The van der Waals surface area contributed by atoms with Crippen molar-refractivity contribution in [3.05, 3.63) is 34.6 Å². The van der Waals surface area contributed by atoms with Crippen LogP contribution in [0.2, 0.25) is 23.2 Å². The van der Waals surface area contributed by atoms with Crippen LogP contribution in [0.5, 0.6) is 0 Å². The number of imidazole rings is 1. The maximum absolute atomic E-state index is 12.8. The third kappa shape index (κ3) is 8.10. The van der Waals surface area contributed by atoms with Crippen molar-refractivity contribution in [1.82, 2.24) is 29.8 Å². The Morgan fingerprint density at radius 2 is 1.94 bits per heavy atom. The van der Waals surface area contributed by atoms with Crippen molar-refractivity contribution in [1.29, 1.82) is 10.5 Å². The minimum Gasteiger partial charge on any atom is -0.448 e. The molecule has 2 aromatic heterocycles. The van der Waals surface area contributed by atoms with Gasteiger partial charge in [0.05, 0.1) is 46.4 Å². The number of fused-ring (bicyclic) bond motifs is 1. The first kappa shape index (κ1) is 35.2. The van der Waals surface area contributed by atoms with Crippen LogP contribution in [-0.4, -0.2) is 97.4 Å². The summed E-state index contributed by atoms with van der Waals surface area (Å²) in [5.74, 6) is 0.697. The molecule has 256 valence electrons. The average Bonchev–Trinajstić information content (AvgIpc) is 3.73. The summed E-state index contributed by atoms with van der Waals surface area (Å²) in [7, 11) is 1.58. The van der Waals surface area contributed by atoms with Crippen LogP contribution in [0.1, 0.15) is 51.3 Å². The Balaban J connectivity index is 1.43. The molecule has 5 rings (SSSR count). The van der Waals surface area contributed by atoms with Crippen molar-refractivity contribution in [3.8, 4) is 12.1 Å². The lowest BCUT2D eigenvalue weighted by molar-refractivity contribution is 0.0981. The van der Waals surface area contributed by atoms with Gasteiger partial charge in [0.1, 0.15) is 12.7 Å². The van der Waals surface area contributed by atoms with Gasteiger partial charge in [0.2, 0.25) is 5.95 Å². The number of alkyl carbamates (subject to hydrolysis) is 1. The summed E-state index contributed by atoms with van der Waals surface area (Å²) in [5, 5.41) is 34.1. The van der Waals surface area contributed by atoms with E-state index in [1.165, 1.54) is 10.7 Å². The van der Waals surface area contributed by atoms with Crippen molar-refractivity contribution in [2.24, 2.45) is 0 Å². The zero-order chi connectivity index (χ0) is 34.8. The number of anilines is 4. The molecule has 16 heteroatoms. The largest absolute Gasteiger partial charge is 0.448 e. The summed E-state index contributed by atoms with van der Waals surface area (Å²) in [5.41, 5.74) is 2.19. The number of carbonyl (C=O) groups excluding carboxylic acids is 1. The van der Waals surface area contributed by atoms with Gasteiger partial charge >= 0.3 is 6.09 Å². The highest BCUT2D eigenvalue weighted by atomic mass is 35.5. The topological polar surface area (TPSA) is 169 Å². The normalized spacial score (nSPS) is 18.4. The summed E-state index contributed by atoms with van der Waals surface area (Å²) < 4.78 is 13.8. The molecule has 2 atom stereocenters. The highest BCUT2D eigenvalue weighted by Crippen LogP contribution is 2.41. The predicted octanol–water partition coefficient (Wildman–Crippen LogP) is 5.10. The number of amides is 1. The van der Waals surface area contributed by atoms with Gasteiger partial charge in [0, 0.05) is 25.7 Å². The summed E-state index contributed by atoms with van der Waals surface area (Å²) >= 11 is 7.09. The fourth-order valence-corrected chi connectivity index (χ4v) is 6.76. The number of nitrogens with one attached hydrogen (secondary N) is 3. The number of likely N-dealkylation sites (N-methyl/N-ethyl adjacent to an activating group) is 1. The maximum atomic E-state index is 12.8. The van der Waals surface area contributed by atoms with E-state index in [-0.39, 0.29) is 41.5 Å². The number of hydrogen-bond donors (Lipinski definition) is 3. The van der Waals surface area contributed by atoms with Crippen LogP contribution in [0.15, 0.2) is 18.3 Å². The molecule has 1 aromatic carbocycles. The molecule has 3 N–H and O–H groups in total. The smallest absolute Gasteiger partial charge is 0.407 e. The van der Waals surface area contributed by atoms with E-state index in [2.05, 4.69) is 81.9 Å². The van der Waals surface area contributed by atoms with E-state index >= 15 is 0 Å². The molecule has 0 unspecified atom stereocenters. The maximum Gasteiger partial charge on any atom is 0.407 e. The number of nitriles is 2. The zero-order valence-electron chi connectivity index (χ0n) is 28.6. The second-order valence-electron chi connectivity index (χ2n) is 14.1. The molecule has 2 aliphatic rings. The molecule has 1 saturated heterocycles. The molecule has 1 aliphatic carbocycles. The summed E-state index contributed by atoms with van der Waals surface area (Å²) in [6, 6.07) is 7.77. The molecule has 3 heterocycles. The van der Waals surface area contributed by atoms with Crippen LogP contribution in [0, 0.1) is 22.7 Å². The first-order valence-electron chi connectivity index (χ1n) is 16.1. The van der Waals surface area contributed by atoms with E-state index in [4.69, 9.17) is 20.8 Å². The fraction of sp³-hybridized carbons (Fsp3) is 0.562. The Kier molecular flexibility index (Phi) is 10.4. The van der Waals surface area contributed by atoms with Gasteiger partial charge in [-0.25, -0.2) is 9.78 Å². The first-order valence-corrected chi connectivity index (χ1v) is 19.4. The van der Waals surface area contributed by atoms with E-state index in [0.29, 0.717) is 59.5 Å². The van der Waals surface area contributed by atoms with E-state index in [1.807, 2.05) is 19.0 Å². The Bertz CT molecular complexity index is 1740. The molecule has 48 heavy (non-hydrogen) atoms. The lowest BCUT2D eigenvalue weighted by Gasteiger charge is -2.46. The van der Waals surface area contributed by atoms with Crippen LogP contribution in [0.4, 0.5) is 27.9 Å². The molecule has 1 amide bonds. The van der Waals surface area contributed by atoms with Gasteiger partial charge in [-0.3, -0.25) is 0 Å². The Hall–Kier alpha value is -4.15. The molecular weight excluding hydrogens is 650 g/mol. The lowest BCUT2D eigenvalue weighted by atomic mass is 10.0. The number of aromatic nitrogens is 4. The molecular formula is C32H44ClN11O3Si. The number of piperidine rings is 1. The minimum atomic E-state index is -2.26.